The Bertz CT molecular complexity index is 415. The van der Waals surface area contributed by atoms with Crippen molar-refractivity contribution in [1.29, 1.82) is 0 Å². The van der Waals surface area contributed by atoms with Crippen molar-refractivity contribution in [2.75, 3.05) is 22.8 Å². The highest BCUT2D eigenvalue weighted by Crippen LogP contribution is 2.23. The van der Waals surface area contributed by atoms with Crippen molar-refractivity contribution in [3.8, 4) is 0 Å². The van der Waals surface area contributed by atoms with E-state index in [-0.39, 0.29) is 5.75 Å². The Labute approximate surface area is 84.4 Å². The predicted octanol–water partition coefficient (Wildman–Crippen LogP) is 1.05. The van der Waals surface area contributed by atoms with Crippen LogP contribution in [0.25, 0.3) is 0 Å². The molecule has 0 saturated carbocycles. The van der Waals surface area contributed by atoms with E-state index in [0.29, 0.717) is 11.4 Å². The molecule has 78 valence electrons. The molecular weight excluding hydrogens is 200 g/mol. The van der Waals surface area contributed by atoms with E-state index >= 15 is 0 Å². The molecule has 0 atom stereocenters. The Morgan fingerprint density at radius 1 is 1.36 bits per heavy atom. The van der Waals surface area contributed by atoms with Gasteiger partial charge in [-0.3, -0.25) is 4.31 Å². The van der Waals surface area contributed by atoms with Gasteiger partial charge < -0.3 is 5.73 Å². The van der Waals surface area contributed by atoms with Crippen LogP contribution >= 0.6 is 0 Å². The Balaban J connectivity index is 3.14. The lowest BCUT2D eigenvalue weighted by molar-refractivity contribution is 0.595. The van der Waals surface area contributed by atoms with Crippen LogP contribution in [0, 0.1) is 0 Å². The molecule has 0 aliphatic rings. The lowest BCUT2D eigenvalue weighted by atomic mass is 10.3. The minimum atomic E-state index is -3.22. The average Bonchev–Trinajstić information content (AvgIpc) is 2.17. The molecule has 0 aliphatic carbocycles. The molecule has 0 aromatic heterocycles. The highest BCUT2D eigenvalue weighted by molar-refractivity contribution is 7.92. The zero-order chi connectivity index (χ0) is 10.8. The van der Waals surface area contributed by atoms with Crippen LogP contribution in [-0.2, 0) is 10.0 Å². The molecule has 4 nitrogen and oxygen atoms in total. The zero-order valence-electron chi connectivity index (χ0n) is 8.27. The second kappa shape index (κ2) is 3.88. The van der Waals surface area contributed by atoms with Gasteiger partial charge in [-0.2, -0.15) is 0 Å². The summed E-state index contributed by atoms with van der Waals surface area (Å²) in [6.45, 7) is 1.60. The minimum Gasteiger partial charge on any atom is -0.397 e. The van der Waals surface area contributed by atoms with Crippen molar-refractivity contribution in [3.63, 3.8) is 0 Å². The number of rotatable bonds is 3. The van der Waals surface area contributed by atoms with E-state index in [0.717, 1.165) is 0 Å². The predicted molar refractivity (Wildman–Crippen MR) is 58.7 cm³/mol. The van der Waals surface area contributed by atoms with E-state index in [4.69, 9.17) is 5.73 Å². The van der Waals surface area contributed by atoms with Crippen LogP contribution < -0.4 is 10.0 Å². The molecule has 1 aromatic rings. The second-order valence-electron chi connectivity index (χ2n) is 2.93. The fraction of sp³-hybridized carbons (Fsp3) is 0.333. The first-order valence-electron chi connectivity index (χ1n) is 4.30. The van der Waals surface area contributed by atoms with Crippen LogP contribution in [0.3, 0.4) is 0 Å². The number of benzene rings is 1. The quantitative estimate of drug-likeness (QED) is 0.765. The van der Waals surface area contributed by atoms with E-state index in [1.807, 2.05) is 0 Å². The van der Waals surface area contributed by atoms with Gasteiger partial charge in [0.1, 0.15) is 0 Å². The molecule has 0 heterocycles. The molecular formula is C9H14N2O2S. The first kappa shape index (κ1) is 10.8. The lowest BCUT2D eigenvalue weighted by Crippen LogP contribution is -2.28. The van der Waals surface area contributed by atoms with Crippen molar-refractivity contribution < 1.29 is 8.42 Å². The van der Waals surface area contributed by atoms with E-state index in [2.05, 4.69) is 0 Å². The maximum atomic E-state index is 11.5. The summed E-state index contributed by atoms with van der Waals surface area (Å²) in [5, 5.41) is 0. The number of nitrogen functional groups attached to an aromatic ring is 1. The summed E-state index contributed by atoms with van der Waals surface area (Å²) in [6.07, 6.45) is 0. The zero-order valence-corrected chi connectivity index (χ0v) is 9.08. The van der Waals surface area contributed by atoms with Gasteiger partial charge in [-0.25, -0.2) is 8.42 Å². The molecule has 5 heteroatoms. The van der Waals surface area contributed by atoms with Gasteiger partial charge in [0.15, 0.2) is 0 Å². The van der Waals surface area contributed by atoms with Crippen LogP contribution in [0.4, 0.5) is 11.4 Å². The molecule has 0 saturated heterocycles. The number of para-hydroxylation sites is 2. The summed E-state index contributed by atoms with van der Waals surface area (Å²) >= 11 is 0. The van der Waals surface area contributed by atoms with Crippen LogP contribution in [0.2, 0.25) is 0 Å². The molecule has 0 bridgehead atoms. The summed E-state index contributed by atoms with van der Waals surface area (Å²) in [5.74, 6) is 0.0673. The van der Waals surface area contributed by atoms with Gasteiger partial charge in [0.05, 0.1) is 17.1 Å². The van der Waals surface area contributed by atoms with E-state index in [1.165, 1.54) is 11.4 Å². The van der Waals surface area contributed by atoms with Gasteiger partial charge in [0.25, 0.3) is 0 Å². The number of sulfonamides is 1. The standard InChI is InChI=1S/C9H14N2O2S/c1-3-14(12,13)11(2)9-7-5-4-6-8(9)10/h4-7H,3,10H2,1-2H3. The van der Waals surface area contributed by atoms with E-state index in [1.54, 1.807) is 31.2 Å². The molecule has 0 spiro atoms. The fourth-order valence-corrected chi connectivity index (χ4v) is 1.97. The Morgan fingerprint density at radius 3 is 2.43 bits per heavy atom. The van der Waals surface area contributed by atoms with E-state index < -0.39 is 10.0 Å². The van der Waals surface area contributed by atoms with Crippen molar-refractivity contribution in [1.82, 2.24) is 0 Å². The van der Waals surface area contributed by atoms with Crippen molar-refractivity contribution >= 4 is 21.4 Å². The first-order chi connectivity index (χ1) is 6.49. The molecule has 0 amide bonds. The average molecular weight is 214 g/mol. The summed E-state index contributed by atoms with van der Waals surface area (Å²) < 4.78 is 24.3. The van der Waals surface area contributed by atoms with Crippen molar-refractivity contribution in [2.24, 2.45) is 0 Å². The number of nitrogens with two attached hydrogens (primary N) is 1. The number of nitrogens with zero attached hydrogens (tertiary/aromatic N) is 1. The van der Waals surface area contributed by atoms with Gasteiger partial charge in [0, 0.05) is 7.05 Å². The molecule has 0 radical (unpaired) electrons. The van der Waals surface area contributed by atoms with Crippen LogP contribution in [0.1, 0.15) is 6.92 Å². The third-order valence-electron chi connectivity index (χ3n) is 2.06. The van der Waals surface area contributed by atoms with Gasteiger partial charge >= 0.3 is 0 Å². The fourth-order valence-electron chi connectivity index (χ4n) is 1.12. The highest BCUT2D eigenvalue weighted by atomic mass is 32.2. The Hall–Kier alpha value is -1.23. The monoisotopic (exact) mass is 214 g/mol. The lowest BCUT2D eigenvalue weighted by Gasteiger charge is -2.19. The number of hydrogen-bond acceptors (Lipinski definition) is 3. The maximum absolute atomic E-state index is 11.5. The topological polar surface area (TPSA) is 63.4 Å². The summed E-state index contributed by atoms with van der Waals surface area (Å²) in [6, 6.07) is 6.89. The molecule has 14 heavy (non-hydrogen) atoms. The molecule has 0 fully saturated rings. The minimum absolute atomic E-state index is 0.0673. The van der Waals surface area contributed by atoms with Gasteiger partial charge in [-0.15, -0.1) is 0 Å². The third-order valence-corrected chi connectivity index (χ3v) is 3.82. The van der Waals surface area contributed by atoms with E-state index in [9.17, 15) is 8.42 Å². The SMILES string of the molecule is CCS(=O)(=O)N(C)c1ccccc1N. The first-order valence-corrected chi connectivity index (χ1v) is 5.91. The largest absolute Gasteiger partial charge is 0.397 e. The van der Waals surface area contributed by atoms with Crippen molar-refractivity contribution in [3.05, 3.63) is 24.3 Å². The Morgan fingerprint density at radius 2 is 1.93 bits per heavy atom. The summed E-state index contributed by atoms with van der Waals surface area (Å²) in [7, 11) is -1.72. The number of anilines is 2. The maximum Gasteiger partial charge on any atom is 0.234 e. The van der Waals surface area contributed by atoms with Crippen molar-refractivity contribution in [2.45, 2.75) is 6.92 Å². The normalized spacial score (nSPS) is 11.3. The summed E-state index contributed by atoms with van der Waals surface area (Å²) in [5.41, 5.74) is 6.65. The Kier molecular flexibility index (Phi) is 3.00. The number of hydrogen-bond donors (Lipinski definition) is 1. The molecule has 1 aromatic carbocycles. The third kappa shape index (κ3) is 1.98. The molecule has 1 rings (SSSR count). The molecule has 0 aliphatic heterocycles. The van der Waals surface area contributed by atoms with Gasteiger partial charge in [-0.1, -0.05) is 12.1 Å². The second-order valence-corrected chi connectivity index (χ2v) is 5.22. The highest BCUT2D eigenvalue weighted by Gasteiger charge is 2.16. The molecule has 2 N–H and O–H groups in total. The van der Waals surface area contributed by atoms with Gasteiger partial charge in [0.2, 0.25) is 10.0 Å². The van der Waals surface area contributed by atoms with Crippen LogP contribution in [0.5, 0.6) is 0 Å². The van der Waals surface area contributed by atoms with Crippen LogP contribution in [0.15, 0.2) is 24.3 Å². The van der Waals surface area contributed by atoms with Gasteiger partial charge in [-0.05, 0) is 19.1 Å². The smallest absolute Gasteiger partial charge is 0.234 e. The molecule has 0 unspecified atom stereocenters. The van der Waals surface area contributed by atoms with Crippen LogP contribution in [-0.4, -0.2) is 21.2 Å². The summed E-state index contributed by atoms with van der Waals surface area (Å²) in [4.78, 5) is 0.